The first kappa shape index (κ1) is 11.0. The topological polar surface area (TPSA) is 49.5 Å². The molecule has 0 radical (unpaired) electrons. The van der Waals surface area contributed by atoms with Gasteiger partial charge in [0.05, 0.1) is 5.60 Å². The zero-order valence-corrected chi connectivity index (χ0v) is 8.79. The number of hydrogen-bond donors (Lipinski definition) is 2. The number of nitrogens with zero attached hydrogens (tertiary/aromatic N) is 1. The molecule has 13 heavy (non-hydrogen) atoms. The van der Waals surface area contributed by atoms with E-state index in [2.05, 4.69) is 18.7 Å². The molecule has 1 saturated carbocycles. The van der Waals surface area contributed by atoms with E-state index in [1.54, 1.807) is 0 Å². The zero-order valence-electron chi connectivity index (χ0n) is 8.79. The molecule has 0 aromatic heterocycles. The quantitative estimate of drug-likeness (QED) is 0.632. The van der Waals surface area contributed by atoms with Gasteiger partial charge in [-0.1, -0.05) is 13.8 Å². The van der Waals surface area contributed by atoms with Crippen LogP contribution in [0.15, 0.2) is 0 Å². The summed E-state index contributed by atoms with van der Waals surface area (Å²) in [6, 6.07) is 0. The predicted octanol–water partition coefficient (Wildman–Crippen LogP) is 0.428. The summed E-state index contributed by atoms with van der Waals surface area (Å²) in [5, 5.41) is 10.2. The van der Waals surface area contributed by atoms with Crippen LogP contribution in [0.25, 0.3) is 0 Å². The SMILES string of the molecule is CCN(CC)CC(O)(CN)C1CC1. The van der Waals surface area contributed by atoms with Gasteiger partial charge < -0.3 is 15.7 Å². The van der Waals surface area contributed by atoms with Gasteiger partial charge in [-0.3, -0.25) is 0 Å². The van der Waals surface area contributed by atoms with Gasteiger partial charge in [-0.05, 0) is 31.8 Å². The lowest BCUT2D eigenvalue weighted by molar-refractivity contribution is -0.00585. The Hall–Kier alpha value is -0.120. The van der Waals surface area contributed by atoms with Crippen molar-refractivity contribution in [2.45, 2.75) is 32.3 Å². The van der Waals surface area contributed by atoms with Gasteiger partial charge in [-0.25, -0.2) is 0 Å². The maximum atomic E-state index is 10.2. The van der Waals surface area contributed by atoms with Crippen molar-refractivity contribution >= 4 is 0 Å². The molecule has 1 fully saturated rings. The van der Waals surface area contributed by atoms with Crippen molar-refractivity contribution in [3.05, 3.63) is 0 Å². The van der Waals surface area contributed by atoms with Crippen LogP contribution in [-0.2, 0) is 0 Å². The van der Waals surface area contributed by atoms with Gasteiger partial charge in [0.25, 0.3) is 0 Å². The number of hydrogen-bond acceptors (Lipinski definition) is 3. The van der Waals surface area contributed by atoms with Crippen LogP contribution in [0.1, 0.15) is 26.7 Å². The van der Waals surface area contributed by atoms with Crippen LogP contribution in [0.2, 0.25) is 0 Å². The standard InChI is InChI=1S/C10H22N2O/c1-3-12(4-2)8-10(13,7-11)9-5-6-9/h9,13H,3-8,11H2,1-2H3. The van der Waals surface area contributed by atoms with Crippen molar-refractivity contribution in [3.8, 4) is 0 Å². The van der Waals surface area contributed by atoms with Crippen LogP contribution in [-0.4, -0.2) is 41.8 Å². The summed E-state index contributed by atoms with van der Waals surface area (Å²) in [4.78, 5) is 2.24. The number of aliphatic hydroxyl groups is 1. The number of rotatable bonds is 6. The van der Waals surface area contributed by atoms with E-state index in [0.29, 0.717) is 12.5 Å². The van der Waals surface area contributed by atoms with Crippen LogP contribution in [0.4, 0.5) is 0 Å². The number of nitrogens with two attached hydrogens (primary N) is 1. The fourth-order valence-corrected chi connectivity index (χ4v) is 1.82. The van der Waals surface area contributed by atoms with Crippen molar-refractivity contribution in [2.75, 3.05) is 26.2 Å². The summed E-state index contributed by atoms with van der Waals surface area (Å²) in [7, 11) is 0. The second-order valence-electron chi connectivity index (χ2n) is 4.04. The molecule has 0 saturated heterocycles. The van der Waals surface area contributed by atoms with E-state index in [1.165, 1.54) is 0 Å². The molecular weight excluding hydrogens is 164 g/mol. The predicted molar refractivity (Wildman–Crippen MR) is 54.5 cm³/mol. The molecule has 1 aliphatic carbocycles. The van der Waals surface area contributed by atoms with Gasteiger partial charge in [-0.15, -0.1) is 0 Å². The first-order valence-corrected chi connectivity index (χ1v) is 5.31. The fraction of sp³-hybridized carbons (Fsp3) is 1.00. The van der Waals surface area contributed by atoms with E-state index in [1.807, 2.05) is 0 Å². The van der Waals surface area contributed by atoms with Crippen LogP contribution < -0.4 is 5.73 Å². The molecule has 0 spiro atoms. The summed E-state index contributed by atoms with van der Waals surface area (Å²) in [5.41, 5.74) is 5.01. The van der Waals surface area contributed by atoms with Gasteiger partial charge in [0, 0.05) is 13.1 Å². The van der Waals surface area contributed by atoms with E-state index in [0.717, 1.165) is 32.5 Å². The molecule has 3 nitrogen and oxygen atoms in total. The molecule has 3 N–H and O–H groups in total. The van der Waals surface area contributed by atoms with Crippen molar-refractivity contribution in [1.82, 2.24) is 4.90 Å². The molecule has 0 heterocycles. The van der Waals surface area contributed by atoms with Crippen molar-refractivity contribution in [2.24, 2.45) is 11.7 Å². The molecule has 0 bridgehead atoms. The highest BCUT2D eigenvalue weighted by molar-refractivity contribution is 4.97. The Morgan fingerprint density at radius 3 is 2.23 bits per heavy atom. The normalized spacial score (nSPS) is 21.9. The summed E-state index contributed by atoms with van der Waals surface area (Å²) < 4.78 is 0. The second kappa shape index (κ2) is 4.40. The van der Waals surface area contributed by atoms with Gasteiger partial charge in [-0.2, -0.15) is 0 Å². The van der Waals surface area contributed by atoms with Gasteiger partial charge in [0.2, 0.25) is 0 Å². The first-order valence-electron chi connectivity index (χ1n) is 5.31. The molecule has 1 unspecified atom stereocenters. The Kier molecular flexibility index (Phi) is 3.71. The highest BCUT2D eigenvalue weighted by atomic mass is 16.3. The molecule has 1 rings (SSSR count). The smallest absolute Gasteiger partial charge is 0.0923 e. The first-order chi connectivity index (χ1) is 6.16. The lowest BCUT2D eigenvalue weighted by Gasteiger charge is -2.32. The minimum Gasteiger partial charge on any atom is -0.387 e. The molecule has 1 aliphatic rings. The molecular formula is C10H22N2O. The molecule has 78 valence electrons. The third-order valence-electron chi connectivity index (χ3n) is 3.08. The largest absolute Gasteiger partial charge is 0.387 e. The molecule has 0 aliphatic heterocycles. The minimum atomic E-state index is -0.619. The average Bonchev–Trinajstić information content (AvgIpc) is 2.97. The van der Waals surface area contributed by atoms with E-state index in [-0.39, 0.29) is 0 Å². The Bertz CT molecular complexity index is 155. The van der Waals surface area contributed by atoms with Crippen LogP contribution in [0.5, 0.6) is 0 Å². The van der Waals surface area contributed by atoms with Gasteiger partial charge in [0.15, 0.2) is 0 Å². The van der Waals surface area contributed by atoms with Crippen molar-refractivity contribution < 1.29 is 5.11 Å². The highest BCUT2D eigenvalue weighted by Crippen LogP contribution is 2.39. The number of likely N-dealkylation sites (N-methyl/N-ethyl adjacent to an activating group) is 1. The highest BCUT2D eigenvalue weighted by Gasteiger charge is 2.43. The maximum Gasteiger partial charge on any atom is 0.0923 e. The lowest BCUT2D eigenvalue weighted by atomic mass is 9.97. The van der Waals surface area contributed by atoms with E-state index in [9.17, 15) is 5.11 Å². The van der Waals surface area contributed by atoms with Gasteiger partial charge in [0.1, 0.15) is 0 Å². The molecule has 0 aromatic carbocycles. The minimum absolute atomic E-state index is 0.397. The Morgan fingerprint density at radius 1 is 1.38 bits per heavy atom. The van der Waals surface area contributed by atoms with Crippen molar-refractivity contribution in [1.29, 1.82) is 0 Å². The van der Waals surface area contributed by atoms with Crippen LogP contribution in [0, 0.1) is 5.92 Å². The molecule has 1 atom stereocenters. The van der Waals surface area contributed by atoms with Crippen LogP contribution in [0.3, 0.4) is 0 Å². The zero-order chi connectivity index (χ0) is 9.90. The molecule has 0 aromatic rings. The van der Waals surface area contributed by atoms with E-state index >= 15 is 0 Å². The third-order valence-corrected chi connectivity index (χ3v) is 3.08. The Balaban J connectivity index is 2.45. The van der Waals surface area contributed by atoms with E-state index < -0.39 is 5.60 Å². The Morgan fingerprint density at radius 2 is 1.92 bits per heavy atom. The van der Waals surface area contributed by atoms with Crippen molar-refractivity contribution in [3.63, 3.8) is 0 Å². The maximum absolute atomic E-state index is 10.2. The molecule has 0 amide bonds. The molecule has 3 heteroatoms. The second-order valence-corrected chi connectivity index (χ2v) is 4.04. The average molecular weight is 186 g/mol. The summed E-state index contributed by atoms with van der Waals surface area (Å²) >= 11 is 0. The third kappa shape index (κ3) is 2.66. The van der Waals surface area contributed by atoms with E-state index in [4.69, 9.17) is 5.73 Å². The fourth-order valence-electron chi connectivity index (χ4n) is 1.82. The summed E-state index contributed by atoms with van der Waals surface area (Å²) in [6.45, 7) is 7.35. The lowest BCUT2D eigenvalue weighted by Crippen LogP contribution is -2.50. The summed E-state index contributed by atoms with van der Waals surface area (Å²) in [6.07, 6.45) is 2.30. The monoisotopic (exact) mass is 186 g/mol. The van der Waals surface area contributed by atoms with Crippen LogP contribution >= 0.6 is 0 Å². The summed E-state index contributed by atoms with van der Waals surface area (Å²) in [5.74, 6) is 0.457. The Labute approximate surface area is 80.9 Å². The van der Waals surface area contributed by atoms with Gasteiger partial charge >= 0.3 is 0 Å².